The fourth-order valence-electron chi connectivity index (χ4n) is 2.63. The predicted molar refractivity (Wildman–Crippen MR) is 110 cm³/mol. The van der Waals surface area contributed by atoms with E-state index in [1.165, 1.54) is 11.8 Å². The number of carbonyl (C=O) groups is 1. The van der Waals surface area contributed by atoms with E-state index in [0.717, 1.165) is 17.0 Å². The van der Waals surface area contributed by atoms with Crippen LogP contribution in [0, 0.1) is 0 Å². The van der Waals surface area contributed by atoms with E-state index in [9.17, 15) is 4.79 Å². The topological polar surface area (TPSA) is 81.9 Å². The predicted octanol–water partition coefficient (Wildman–Crippen LogP) is 3.34. The Hall–Kier alpha value is -2.87. The Kier molecular flexibility index (Phi) is 6.65. The first kappa shape index (κ1) is 19.9. The molecule has 0 unspecified atom stereocenters. The summed E-state index contributed by atoms with van der Waals surface area (Å²) in [6, 6.07) is 11.6. The minimum atomic E-state index is -0.0378. The second kappa shape index (κ2) is 9.36. The number of ether oxygens (including phenoxy) is 1. The zero-order chi connectivity index (χ0) is 19.9. The number of carbonyl (C=O) groups excluding carboxylic acids is 1. The lowest BCUT2D eigenvalue weighted by atomic mass is 10.2. The van der Waals surface area contributed by atoms with Gasteiger partial charge >= 0.3 is 0 Å². The van der Waals surface area contributed by atoms with Gasteiger partial charge in [0.05, 0.1) is 12.4 Å². The standard InChI is InChI=1S/C20H23N5O2S/c1-4-27-17-9-7-16(8-10-17)25-19(15-6-5-11-21-12-15)23-24-20(25)28-13-18(26)22-14(2)3/h5-12,14H,4,13H2,1-3H3,(H,22,26). The zero-order valence-corrected chi connectivity index (χ0v) is 16.9. The van der Waals surface area contributed by atoms with Crippen molar-refractivity contribution >= 4 is 17.7 Å². The summed E-state index contributed by atoms with van der Waals surface area (Å²) in [6.45, 7) is 6.43. The molecule has 28 heavy (non-hydrogen) atoms. The van der Waals surface area contributed by atoms with E-state index < -0.39 is 0 Å². The highest BCUT2D eigenvalue weighted by Gasteiger charge is 2.17. The highest BCUT2D eigenvalue weighted by Crippen LogP contribution is 2.28. The number of nitrogens with one attached hydrogen (secondary N) is 1. The van der Waals surface area contributed by atoms with Crippen LogP contribution in [0.5, 0.6) is 5.75 Å². The van der Waals surface area contributed by atoms with Gasteiger partial charge in [0.2, 0.25) is 5.91 Å². The van der Waals surface area contributed by atoms with Crippen molar-refractivity contribution in [3.63, 3.8) is 0 Å². The Bertz CT molecular complexity index is 910. The molecule has 0 atom stereocenters. The fourth-order valence-corrected chi connectivity index (χ4v) is 3.39. The van der Waals surface area contributed by atoms with Crippen molar-refractivity contribution in [2.24, 2.45) is 0 Å². The summed E-state index contributed by atoms with van der Waals surface area (Å²) in [6.07, 6.45) is 3.46. The van der Waals surface area contributed by atoms with Crippen molar-refractivity contribution < 1.29 is 9.53 Å². The van der Waals surface area contributed by atoms with E-state index in [-0.39, 0.29) is 17.7 Å². The second-order valence-corrected chi connectivity index (χ2v) is 7.26. The lowest BCUT2D eigenvalue weighted by molar-refractivity contribution is -0.119. The van der Waals surface area contributed by atoms with Gasteiger partial charge in [0.25, 0.3) is 0 Å². The Morgan fingerprint density at radius 3 is 2.64 bits per heavy atom. The Morgan fingerprint density at radius 1 is 1.21 bits per heavy atom. The minimum absolute atomic E-state index is 0.0378. The first-order valence-corrected chi connectivity index (χ1v) is 10.1. The molecule has 146 valence electrons. The van der Waals surface area contributed by atoms with E-state index in [0.29, 0.717) is 17.6 Å². The number of nitrogens with zero attached hydrogens (tertiary/aromatic N) is 4. The molecule has 0 aliphatic rings. The van der Waals surface area contributed by atoms with E-state index in [2.05, 4.69) is 20.5 Å². The van der Waals surface area contributed by atoms with E-state index in [1.54, 1.807) is 12.4 Å². The van der Waals surface area contributed by atoms with Gasteiger partial charge in [-0.15, -0.1) is 10.2 Å². The molecule has 1 aromatic carbocycles. The van der Waals surface area contributed by atoms with E-state index >= 15 is 0 Å². The lowest BCUT2D eigenvalue weighted by Crippen LogP contribution is -2.31. The number of pyridine rings is 1. The number of aromatic nitrogens is 4. The van der Waals surface area contributed by atoms with Crippen molar-refractivity contribution in [3.8, 4) is 22.8 Å². The number of benzene rings is 1. The number of amides is 1. The SMILES string of the molecule is CCOc1ccc(-n2c(SCC(=O)NC(C)C)nnc2-c2cccnc2)cc1. The highest BCUT2D eigenvalue weighted by molar-refractivity contribution is 7.99. The van der Waals surface area contributed by atoms with Crippen LogP contribution >= 0.6 is 11.8 Å². The third-order valence-corrected chi connectivity index (χ3v) is 4.67. The van der Waals surface area contributed by atoms with Crippen molar-refractivity contribution in [2.45, 2.75) is 32.0 Å². The summed E-state index contributed by atoms with van der Waals surface area (Å²) in [5.41, 5.74) is 1.74. The molecule has 0 fully saturated rings. The van der Waals surface area contributed by atoms with Gasteiger partial charge in [-0.3, -0.25) is 14.3 Å². The molecule has 0 spiro atoms. The molecular weight excluding hydrogens is 374 g/mol. The molecule has 1 N–H and O–H groups in total. The van der Waals surface area contributed by atoms with Gasteiger partial charge in [0.1, 0.15) is 5.75 Å². The number of thioether (sulfide) groups is 1. The minimum Gasteiger partial charge on any atom is -0.494 e. The maximum absolute atomic E-state index is 12.1. The largest absolute Gasteiger partial charge is 0.494 e. The van der Waals surface area contributed by atoms with Crippen molar-refractivity contribution in [2.75, 3.05) is 12.4 Å². The van der Waals surface area contributed by atoms with Crippen LogP contribution in [0.3, 0.4) is 0 Å². The Labute approximate surface area is 168 Å². The third-order valence-electron chi connectivity index (χ3n) is 3.74. The summed E-state index contributed by atoms with van der Waals surface area (Å²) in [7, 11) is 0. The average Bonchev–Trinajstić information content (AvgIpc) is 3.11. The molecular formula is C20H23N5O2S. The summed E-state index contributed by atoms with van der Waals surface area (Å²) >= 11 is 1.35. The van der Waals surface area contributed by atoms with Gasteiger partial charge < -0.3 is 10.1 Å². The van der Waals surface area contributed by atoms with Crippen LogP contribution in [0.25, 0.3) is 17.1 Å². The lowest BCUT2D eigenvalue weighted by Gasteiger charge is -2.12. The first-order chi connectivity index (χ1) is 13.6. The molecule has 8 heteroatoms. The van der Waals surface area contributed by atoms with Crippen LogP contribution in [0.2, 0.25) is 0 Å². The molecule has 0 radical (unpaired) electrons. The number of rotatable bonds is 8. The van der Waals surface area contributed by atoms with Gasteiger partial charge in [-0.25, -0.2) is 0 Å². The van der Waals surface area contributed by atoms with Crippen LogP contribution in [-0.4, -0.2) is 44.1 Å². The number of hydrogen-bond acceptors (Lipinski definition) is 6. The Morgan fingerprint density at radius 2 is 2.00 bits per heavy atom. The maximum Gasteiger partial charge on any atom is 0.230 e. The molecule has 3 rings (SSSR count). The first-order valence-electron chi connectivity index (χ1n) is 9.09. The van der Waals surface area contributed by atoms with Gasteiger partial charge in [-0.05, 0) is 57.2 Å². The summed E-state index contributed by atoms with van der Waals surface area (Å²) in [5.74, 6) is 1.70. The second-order valence-electron chi connectivity index (χ2n) is 6.32. The van der Waals surface area contributed by atoms with E-state index in [4.69, 9.17) is 4.74 Å². The summed E-state index contributed by atoms with van der Waals surface area (Å²) in [5, 5.41) is 12.2. The third kappa shape index (κ3) is 4.89. The fraction of sp³-hybridized carbons (Fsp3) is 0.300. The normalized spacial score (nSPS) is 10.9. The summed E-state index contributed by atoms with van der Waals surface area (Å²) < 4.78 is 7.46. The molecule has 0 aliphatic heterocycles. The van der Waals surface area contributed by atoms with Gasteiger partial charge in [0, 0.05) is 29.7 Å². The molecule has 0 saturated heterocycles. The van der Waals surface area contributed by atoms with Crippen LogP contribution in [0.4, 0.5) is 0 Å². The molecule has 7 nitrogen and oxygen atoms in total. The smallest absolute Gasteiger partial charge is 0.230 e. The van der Waals surface area contributed by atoms with Crippen LogP contribution in [0.15, 0.2) is 53.9 Å². The van der Waals surface area contributed by atoms with Crippen molar-refractivity contribution in [1.29, 1.82) is 0 Å². The van der Waals surface area contributed by atoms with Gasteiger partial charge in [-0.2, -0.15) is 0 Å². The molecule has 0 saturated carbocycles. The molecule has 2 heterocycles. The molecule has 0 bridgehead atoms. The molecule has 2 aromatic heterocycles. The summed E-state index contributed by atoms with van der Waals surface area (Å²) in [4.78, 5) is 16.2. The van der Waals surface area contributed by atoms with Crippen LogP contribution < -0.4 is 10.1 Å². The molecule has 0 aliphatic carbocycles. The molecule has 3 aromatic rings. The van der Waals surface area contributed by atoms with Gasteiger partial charge in [-0.1, -0.05) is 11.8 Å². The van der Waals surface area contributed by atoms with E-state index in [1.807, 2.05) is 61.7 Å². The Balaban J connectivity index is 1.94. The van der Waals surface area contributed by atoms with Crippen molar-refractivity contribution in [1.82, 2.24) is 25.1 Å². The monoisotopic (exact) mass is 397 g/mol. The quantitative estimate of drug-likeness (QED) is 0.587. The highest BCUT2D eigenvalue weighted by atomic mass is 32.2. The average molecular weight is 398 g/mol. The van der Waals surface area contributed by atoms with Crippen molar-refractivity contribution in [3.05, 3.63) is 48.8 Å². The van der Waals surface area contributed by atoms with Gasteiger partial charge in [0.15, 0.2) is 11.0 Å². The maximum atomic E-state index is 12.1. The molecule has 1 amide bonds. The van der Waals surface area contributed by atoms with Crippen LogP contribution in [-0.2, 0) is 4.79 Å². The van der Waals surface area contributed by atoms with Crippen LogP contribution in [0.1, 0.15) is 20.8 Å². The zero-order valence-electron chi connectivity index (χ0n) is 16.1. The number of hydrogen-bond donors (Lipinski definition) is 1.